The molecule has 0 unspecified atom stereocenters. The summed E-state index contributed by atoms with van der Waals surface area (Å²) in [5.74, 6) is -0.0241. The number of carbonyl (C=O) groups is 1. The number of thioether (sulfide) groups is 1. The van der Waals surface area contributed by atoms with Crippen LogP contribution in [0.15, 0.2) is 39.6 Å². The number of hydrogen-bond donors (Lipinski definition) is 2. The quantitative estimate of drug-likeness (QED) is 0.546. The number of nitrogens with one attached hydrogen (secondary N) is 2. The van der Waals surface area contributed by atoms with E-state index in [9.17, 15) is 9.59 Å². The lowest BCUT2D eigenvalue weighted by Gasteiger charge is -2.05. The van der Waals surface area contributed by atoms with Gasteiger partial charge in [0.2, 0.25) is 5.91 Å². The van der Waals surface area contributed by atoms with Crippen LogP contribution in [0.2, 0.25) is 5.02 Å². The van der Waals surface area contributed by atoms with E-state index in [0.717, 1.165) is 5.56 Å². The van der Waals surface area contributed by atoms with Crippen molar-refractivity contribution in [2.24, 2.45) is 0 Å². The van der Waals surface area contributed by atoms with Crippen molar-refractivity contribution in [1.82, 2.24) is 9.97 Å². The number of aromatic nitrogens is 2. The van der Waals surface area contributed by atoms with Crippen molar-refractivity contribution >= 4 is 56.5 Å². The number of thiophene rings is 1. The van der Waals surface area contributed by atoms with E-state index in [0.29, 0.717) is 26.1 Å². The average Bonchev–Trinajstić information content (AvgIpc) is 2.89. The maximum Gasteiger partial charge on any atom is 0.260 e. The molecule has 118 valence electrons. The summed E-state index contributed by atoms with van der Waals surface area (Å²) in [5, 5.41) is 6.32. The Labute approximate surface area is 145 Å². The van der Waals surface area contributed by atoms with E-state index in [1.807, 2.05) is 12.3 Å². The third-order valence-electron chi connectivity index (χ3n) is 3.07. The number of fused-ring (bicyclic) bond motifs is 1. The van der Waals surface area contributed by atoms with Gasteiger partial charge in [-0.15, -0.1) is 11.3 Å². The Morgan fingerprint density at radius 2 is 2.13 bits per heavy atom. The van der Waals surface area contributed by atoms with E-state index in [1.54, 1.807) is 24.3 Å². The fourth-order valence-corrected chi connectivity index (χ4v) is 3.77. The van der Waals surface area contributed by atoms with Crippen LogP contribution in [-0.4, -0.2) is 21.6 Å². The molecule has 2 aromatic heterocycles. The summed E-state index contributed by atoms with van der Waals surface area (Å²) in [6.45, 7) is 1.88. The molecule has 0 fully saturated rings. The van der Waals surface area contributed by atoms with Crippen LogP contribution in [0.5, 0.6) is 0 Å². The molecular weight excluding hydrogens is 354 g/mol. The van der Waals surface area contributed by atoms with Gasteiger partial charge in [-0.3, -0.25) is 9.59 Å². The lowest BCUT2D eigenvalue weighted by Crippen LogP contribution is -2.15. The van der Waals surface area contributed by atoms with E-state index in [1.165, 1.54) is 23.1 Å². The second-order valence-corrected chi connectivity index (χ2v) is 7.07. The molecule has 0 atom stereocenters. The van der Waals surface area contributed by atoms with Gasteiger partial charge in [-0.25, -0.2) is 4.98 Å². The third kappa shape index (κ3) is 3.74. The van der Waals surface area contributed by atoms with Gasteiger partial charge in [0.05, 0.1) is 11.1 Å². The number of nitrogens with zero attached hydrogens (tertiary/aromatic N) is 1. The fourth-order valence-electron chi connectivity index (χ4n) is 2.00. The number of hydrogen-bond acceptors (Lipinski definition) is 5. The van der Waals surface area contributed by atoms with E-state index in [-0.39, 0.29) is 17.2 Å². The molecule has 23 heavy (non-hydrogen) atoms. The lowest BCUT2D eigenvalue weighted by molar-refractivity contribution is -0.113. The minimum atomic E-state index is -0.178. The monoisotopic (exact) mass is 365 g/mol. The molecular formula is C15H12ClN3O2S2. The maximum atomic E-state index is 12.0. The van der Waals surface area contributed by atoms with Crippen LogP contribution < -0.4 is 10.9 Å². The van der Waals surface area contributed by atoms with Crippen LogP contribution in [0, 0.1) is 6.92 Å². The number of amides is 1. The molecule has 0 saturated heterocycles. The standard InChI is InChI=1S/C15H12ClN3O2S2/c1-8-6-22-14-12(8)13(21)18-15(19-14)23-7-11(20)17-10-4-2-9(16)3-5-10/h2-6H,7H2,1H3,(H,17,20)(H,18,19,21). The first kappa shape index (κ1) is 16.0. The summed E-state index contributed by atoms with van der Waals surface area (Å²) in [4.78, 5) is 31.7. The van der Waals surface area contributed by atoms with Crippen LogP contribution in [0.3, 0.4) is 0 Å². The van der Waals surface area contributed by atoms with E-state index in [2.05, 4.69) is 15.3 Å². The minimum absolute atomic E-state index is 0.154. The molecule has 0 aliphatic rings. The molecule has 0 spiro atoms. The van der Waals surface area contributed by atoms with Crippen LogP contribution >= 0.6 is 34.7 Å². The summed E-state index contributed by atoms with van der Waals surface area (Å²) < 4.78 is 0. The van der Waals surface area contributed by atoms with Gasteiger partial charge >= 0.3 is 0 Å². The van der Waals surface area contributed by atoms with Crippen LogP contribution in [0.25, 0.3) is 10.2 Å². The summed E-state index contributed by atoms with van der Waals surface area (Å²) in [6, 6.07) is 6.86. The predicted octanol–water partition coefficient (Wildman–Crippen LogP) is 3.68. The van der Waals surface area contributed by atoms with Gasteiger partial charge in [0, 0.05) is 10.7 Å². The van der Waals surface area contributed by atoms with Gasteiger partial charge < -0.3 is 10.3 Å². The summed E-state index contributed by atoms with van der Waals surface area (Å²) >= 11 is 8.41. The molecule has 1 aromatic carbocycles. The Kier molecular flexibility index (Phi) is 4.70. The van der Waals surface area contributed by atoms with E-state index < -0.39 is 0 Å². The number of rotatable bonds is 4. The number of aryl methyl sites for hydroxylation is 1. The molecule has 3 rings (SSSR count). The number of carbonyl (C=O) groups excluding carboxylic acids is 1. The lowest BCUT2D eigenvalue weighted by atomic mass is 10.3. The average molecular weight is 366 g/mol. The largest absolute Gasteiger partial charge is 0.325 e. The van der Waals surface area contributed by atoms with Crippen molar-refractivity contribution in [1.29, 1.82) is 0 Å². The normalized spacial score (nSPS) is 10.9. The molecule has 8 heteroatoms. The highest BCUT2D eigenvalue weighted by Gasteiger charge is 2.10. The number of halogens is 1. The molecule has 0 saturated carbocycles. The molecule has 0 aliphatic carbocycles. The molecule has 3 aromatic rings. The third-order valence-corrected chi connectivity index (χ3v) is 5.19. The topological polar surface area (TPSA) is 74.8 Å². The Bertz CT molecular complexity index is 919. The van der Waals surface area contributed by atoms with Gasteiger partial charge in [-0.2, -0.15) is 0 Å². The Morgan fingerprint density at radius 1 is 1.39 bits per heavy atom. The van der Waals surface area contributed by atoms with E-state index >= 15 is 0 Å². The molecule has 1 amide bonds. The zero-order valence-corrected chi connectivity index (χ0v) is 14.4. The molecule has 5 nitrogen and oxygen atoms in total. The van der Waals surface area contributed by atoms with Gasteiger partial charge in [-0.1, -0.05) is 23.4 Å². The van der Waals surface area contributed by atoms with Crippen molar-refractivity contribution in [2.75, 3.05) is 11.1 Å². The number of H-pyrrole nitrogens is 1. The first-order valence-corrected chi connectivity index (χ1v) is 8.93. The highest BCUT2D eigenvalue weighted by molar-refractivity contribution is 7.99. The van der Waals surface area contributed by atoms with Crippen LogP contribution in [-0.2, 0) is 4.79 Å². The van der Waals surface area contributed by atoms with Gasteiger partial charge in [0.15, 0.2) is 5.16 Å². The first-order chi connectivity index (χ1) is 11.0. The van der Waals surface area contributed by atoms with Crippen molar-refractivity contribution in [2.45, 2.75) is 12.1 Å². The summed E-state index contributed by atoms with van der Waals surface area (Å²) in [5.41, 5.74) is 1.41. The van der Waals surface area contributed by atoms with Gasteiger partial charge in [-0.05, 0) is 42.1 Å². The maximum absolute atomic E-state index is 12.0. The zero-order chi connectivity index (χ0) is 16.4. The first-order valence-electron chi connectivity index (χ1n) is 6.69. The van der Waals surface area contributed by atoms with Crippen molar-refractivity contribution in [3.05, 3.63) is 50.6 Å². The number of aromatic amines is 1. The Morgan fingerprint density at radius 3 is 2.87 bits per heavy atom. The second-order valence-electron chi connectivity index (χ2n) is 4.81. The van der Waals surface area contributed by atoms with Crippen molar-refractivity contribution in [3.63, 3.8) is 0 Å². The zero-order valence-electron chi connectivity index (χ0n) is 12.1. The predicted molar refractivity (Wildman–Crippen MR) is 95.8 cm³/mol. The van der Waals surface area contributed by atoms with Crippen LogP contribution in [0.4, 0.5) is 5.69 Å². The molecule has 0 bridgehead atoms. The molecule has 0 aliphatic heterocycles. The van der Waals surface area contributed by atoms with Crippen molar-refractivity contribution in [3.8, 4) is 0 Å². The number of anilines is 1. The van der Waals surface area contributed by atoms with Gasteiger partial charge in [0.1, 0.15) is 4.83 Å². The van der Waals surface area contributed by atoms with E-state index in [4.69, 9.17) is 11.6 Å². The second kappa shape index (κ2) is 6.74. The van der Waals surface area contributed by atoms with Crippen LogP contribution in [0.1, 0.15) is 5.56 Å². The van der Waals surface area contributed by atoms with Gasteiger partial charge in [0.25, 0.3) is 5.56 Å². The highest BCUT2D eigenvalue weighted by atomic mass is 35.5. The summed E-state index contributed by atoms with van der Waals surface area (Å²) in [6.07, 6.45) is 0. The molecule has 2 N–H and O–H groups in total. The summed E-state index contributed by atoms with van der Waals surface area (Å²) in [7, 11) is 0. The molecule has 0 radical (unpaired) electrons. The number of benzene rings is 1. The fraction of sp³-hybridized carbons (Fsp3) is 0.133. The molecule has 2 heterocycles. The Balaban J connectivity index is 1.67. The highest BCUT2D eigenvalue weighted by Crippen LogP contribution is 2.22. The van der Waals surface area contributed by atoms with Crippen molar-refractivity contribution < 1.29 is 4.79 Å². The SMILES string of the molecule is Cc1csc2nc(SCC(=O)Nc3ccc(Cl)cc3)[nH]c(=O)c12. The smallest absolute Gasteiger partial charge is 0.260 e. The Hall–Kier alpha value is -1.83. The minimum Gasteiger partial charge on any atom is -0.325 e.